The van der Waals surface area contributed by atoms with E-state index in [2.05, 4.69) is 20.3 Å². The van der Waals surface area contributed by atoms with Crippen molar-refractivity contribution in [1.82, 2.24) is 15.0 Å². The van der Waals surface area contributed by atoms with E-state index in [9.17, 15) is 9.50 Å². The van der Waals surface area contributed by atoms with Gasteiger partial charge in [-0.3, -0.25) is 4.98 Å². The average molecular weight is 465 g/mol. The number of aliphatic hydroxyl groups is 1. The molecule has 2 aromatic carbocycles. The first-order chi connectivity index (χ1) is 15.5. The maximum atomic E-state index is 14.5. The van der Waals surface area contributed by atoms with Crippen molar-refractivity contribution in [1.29, 1.82) is 0 Å². The summed E-state index contributed by atoms with van der Waals surface area (Å²) in [4.78, 5) is 13.2. The molecule has 5 nitrogen and oxygen atoms in total. The maximum absolute atomic E-state index is 14.5. The number of hydrogen-bond donors (Lipinski definition) is 2. The van der Waals surface area contributed by atoms with Crippen molar-refractivity contribution in [3.05, 3.63) is 82.3 Å². The summed E-state index contributed by atoms with van der Waals surface area (Å²) in [6.45, 7) is 8.98. The molecule has 1 atom stereocenters. The van der Waals surface area contributed by atoms with Gasteiger partial charge in [-0.25, -0.2) is 14.4 Å². The Labute approximate surface area is 197 Å². The lowest BCUT2D eigenvalue weighted by Crippen LogP contribution is -2.19. The number of halogens is 2. The summed E-state index contributed by atoms with van der Waals surface area (Å²) in [5.74, 6) is 0.0836. The van der Waals surface area contributed by atoms with Crippen LogP contribution in [-0.2, 0) is 5.60 Å². The van der Waals surface area contributed by atoms with Gasteiger partial charge in [0.2, 0.25) is 0 Å². The molecule has 0 saturated heterocycles. The summed E-state index contributed by atoms with van der Waals surface area (Å²) in [5.41, 5.74) is 4.27. The third-order valence-electron chi connectivity index (χ3n) is 5.60. The number of benzene rings is 2. The van der Waals surface area contributed by atoms with Crippen LogP contribution in [0.3, 0.4) is 0 Å². The van der Waals surface area contributed by atoms with Crippen LogP contribution in [-0.4, -0.2) is 20.1 Å². The smallest absolute Gasteiger partial charge is 0.159 e. The molecule has 4 aromatic rings. The van der Waals surface area contributed by atoms with E-state index in [0.717, 1.165) is 27.6 Å². The van der Waals surface area contributed by atoms with Crippen LogP contribution in [0.25, 0.3) is 22.0 Å². The largest absolute Gasteiger partial charge is 0.382 e. The van der Waals surface area contributed by atoms with Crippen LogP contribution in [0.5, 0.6) is 0 Å². The molecule has 33 heavy (non-hydrogen) atoms. The zero-order valence-corrected chi connectivity index (χ0v) is 20.0. The molecule has 0 aliphatic rings. The molecule has 2 aromatic heterocycles. The predicted molar refractivity (Wildman–Crippen MR) is 131 cm³/mol. The van der Waals surface area contributed by atoms with Gasteiger partial charge in [-0.2, -0.15) is 0 Å². The summed E-state index contributed by atoms with van der Waals surface area (Å²) in [5, 5.41) is 14.8. The molecule has 7 heteroatoms. The molecule has 1 unspecified atom stereocenters. The Morgan fingerprint density at radius 3 is 2.39 bits per heavy atom. The number of hydrogen-bond acceptors (Lipinski definition) is 5. The first-order valence-electron chi connectivity index (χ1n) is 10.7. The SMILES string of the molecule is Cc1ccc(F)c(C(C)Nc2c(Cl)c(C)nc3ccc(-c4cnc(C(C)(C)O)nc4)cc23)c1. The van der Waals surface area contributed by atoms with Gasteiger partial charge in [-0.1, -0.05) is 35.4 Å². The van der Waals surface area contributed by atoms with E-state index in [1.165, 1.54) is 6.07 Å². The highest BCUT2D eigenvalue weighted by molar-refractivity contribution is 6.35. The summed E-state index contributed by atoms with van der Waals surface area (Å²) >= 11 is 6.67. The van der Waals surface area contributed by atoms with Gasteiger partial charge in [0.15, 0.2) is 5.82 Å². The Balaban J connectivity index is 1.79. The Bertz CT molecular complexity index is 1330. The van der Waals surface area contributed by atoms with E-state index in [1.807, 2.05) is 45.0 Å². The summed E-state index contributed by atoms with van der Waals surface area (Å²) in [7, 11) is 0. The van der Waals surface area contributed by atoms with Gasteiger partial charge < -0.3 is 10.4 Å². The molecule has 0 spiro atoms. The number of aromatic nitrogens is 3. The minimum Gasteiger partial charge on any atom is -0.382 e. The van der Waals surface area contributed by atoms with Gasteiger partial charge in [0.1, 0.15) is 11.4 Å². The van der Waals surface area contributed by atoms with Crippen molar-refractivity contribution in [2.75, 3.05) is 5.32 Å². The van der Waals surface area contributed by atoms with Crippen molar-refractivity contribution in [3.63, 3.8) is 0 Å². The van der Waals surface area contributed by atoms with Gasteiger partial charge in [0.25, 0.3) is 0 Å². The van der Waals surface area contributed by atoms with Gasteiger partial charge in [-0.05, 0) is 58.4 Å². The summed E-state index contributed by atoms with van der Waals surface area (Å²) < 4.78 is 14.5. The highest BCUT2D eigenvalue weighted by atomic mass is 35.5. The van der Waals surface area contributed by atoms with Crippen LogP contribution in [0.4, 0.5) is 10.1 Å². The quantitative estimate of drug-likeness (QED) is 0.352. The Morgan fingerprint density at radius 1 is 1.03 bits per heavy atom. The van der Waals surface area contributed by atoms with Crippen molar-refractivity contribution >= 4 is 28.2 Å². The van der Waals surface area contributed by atoms with E-state index >= 15 is 0 Å². The molecular formula is C26H26ClFN4O. The van der Waals surface area contributed by atoms with Gasteiger partial charge in [0, 0.05) is 28.9 Å². The number of anilines is 1. The van der Waals surface area contributed by atoms with Crippen LogP contribution in [0.15, 0.2) is 48.8 Å². The predicted octanol–water partition coefficient (Wildman–Crippen LogP) is 6.50. The Hall–Kier alpha value is -3.09. The number of fused-ring (bicyclic) bond motifs is 1. The highest BCUT2D eigenvalue weighted by Gasteiger charge is 2.20. The standard InChI is InChI=1S/C26H26ClFN4O/c1-14-6-8-21(28)19(10-14)15(2)32-24-20-11-17(7-9-22(20)31-16(3)23(24)27)18-12-29-25(30-13-18)26(4,5)33/h6-13,15,33H,1-5H3,(H,31,32). The zero-order chi connectivity index (χ0) is 23.9. The maximum Gasteiger partial charge on any atom is 0.159 e. The average Bonchev–Trinajstić information content (AvgIpc) is 2.77. The van der Waals surface area contributed by atoms with Crippen LogP contribution < -0.4 is 5.32 Å². The minimum absolute atomic E-state index is 0.267. The number of nitrogens with zero attached hydrogens (tertiary/aromatic N) is 3. The number of rotatable bonds is 5. The number of pyridine rings is 1. The number of aryl methyl sites for hydroxylation is 2. The van der Waals surface area contributed by atoms with E-state index in [4.69, 9.17) is 11.6 Å². The van der Waals surface area contributed by atoms with Gasteiger partial charge in [0.05, 0.1) is 28.0 Å². The monoisotopic (exact) mass is 464 g/mol. The first kappa shape index (κ1) is 23.1. The lowest BCUT2D eigenvalue weighted by molar-refractivity contribution is 0.0687. The zero-order valence-electron chi connectivity index (χ0n) is 19.2. The molecule has 170 valence electrons. The summed E-state index contributed by atoms with van der Waals surface area (Å²) in [6.07, 6.45) is 3.37. The lowest BCUT2D eigenvalue weighted by atomic mass is 10.0. The normalized spacial score (nSPS) is 12.7. The van der Waals surface area contributed by atoms with Crippen molar-refractivity contribution in [3.8, 4) is 11.1 Å². The molecule has 2 heterocycles. The van der Waals surface area contributed by atoms with Crippen LogP contribution in [0, 0.1) is 19.7 Å². The van der Waals surface area contributed by atoms with Crippen molar-refractivity contribution in [2.45, 2.75) is 46.3 Å². The Morgan fingerprint density at radius 2 is 1.73 bits per heavy atom. The van der Waals surface area contributed by atoms with E-state index in [0.29, 0.717) is 27.8 Å². The topological polar surface area (TPSA) is 70.9 Å². The fourth-order valence-corrected chi connectivity index (χ4v) is 3.96. The molecule has 2 N–H and O–H groups in total. The third-order valence-corrected chi connectivity index (χ3v) is 6.06. The lowest BCUT2D eigenvalue weighted by Gasteiger charge is -2.20. The second-order valence-electron chi connectivity index (χ2n) is 8.86. The fraction of sp³-hybridized carbons (Fsp3) is 0.269. The summed E-state index contributed by atoms with van der Waals surface area (Å²) in [6, 6.07) is 10.6. The second-order valence-corrected chi connectivity index (χ2v) is 9.24. The van der Waals surface area contributed by atoms with Crippen LogP contribution in [0.1, 0.15) is 49.5 Å². The molecule has 0 radical (unpaired) electrons. The molecule has 0 aliphatic heterocycles. The minimum atomic E-state index is -1.12. The number of nitrogens with one attached hydrogen (secondary N) is 1. The molecular weight excluding hydrogens is 439 g/mol. The van der Waals surface area contributed by atoms with Crippen LogP contribution >= 0.6 is 11.6 Å². The highest BCUT2D eigenvalue weighted by Crippen LogP contribution is 2.37. The van der Waals surface area contributed by atoms with Crippen molar-refractivity contribution in [2.24, 2.45) is 0 Å². The molecule has 0 bridgehead atoms. The van der Waals surface area contributed by atoms with E-state index in [-0.39, 0.29) is 11.9 Å². The molecule has 4 rings (SSSR count). The molecule has 0 amide bonds. The van der Waals surface area contributed by atoms with Gasteiger partial charge >= 0.3 is 0 Å². The van der Waals surface area contributed by atoms with E-state index in [1.54, 1.807) is 32.3 Å². The van der Waals surface area contributed by atoms with Crippen LogP contribution in [0.2, 0.25) is 5.02 Å². The first-order valence-corrected chi connectivity index (χ1v) is 11.1. The third kappa shape index (κ3) is 4.68. The van der Waals surface area contributed by atoms with E-state index < -0.39 is 5.60 Å². The Kier molecular flexibility index (Phi) is 6.08. The van der Waals surface area contributed by atoms with Gasteiger partial charge in [-0.15, -0.1) is 0 Å². The molecule has 0 fully saturated rings. The second kappa shape index (κ2) is 8.69. The van der Waals surface area contributed by atoms with Crippen molar-refractivity contribution < 1.29 is 9.50 Å². The molecule has 0 aliphatic carbocycles. The molecule has 0 saturated carbocycles. The fourth-order valence-electron chi connectivity index (χ4n) is 3.77.